The van der Waals surface area contributed by atoms with E-state index in [-0.39, 0.29) is 18.1 Å². The number of carbonyl (C=O) groups is 1. The van der Waals surface area contributed by atoms with Gasteiger partial charge in [-0.15, -0.1) is 0 Å². The zero-order valence-electron chi connectivity index (χ0n) is 15.0. The first-order chi connectivity index (χ1) is 14.0. The molecule has 0 bridgehead atoms. The number of rotatable bonds is 3. The maximum atomic E-state index is 14.3. The van der Waals surface area contributed by atoms with Gasteiger partial charge in [0.15, 0.2) is 0 Å². The van der Waals surface area contributed by atoms with Crippen molar-refractivity contribution in [3.05, 3.63) is 59.2 Å². The lowest BCUT2D eigenvalue weighted by Gasteiger charge is -2.22. The fourth-order valence-electron chi connectivity index (χ4n) is 2.80. The van der Waals surface area contributed by atoms with Crippen LogP contribution < -0.4 is 11.1 Å². The van der Waals surface area contributed by atoms with Gasteiger partial charge in [0.05, 0.1) is 5.56 Å². The molecule has 0 fully saturated rings. The van der Waals surface area contributed by atoms with E-state index in [1.54, 1.807) is 0 Å². The van der Waals surface area contributed by atoms with E-state index in [9.17, 15) is 31.1 Å². The Balaban J connectivity index is 1.95. The molecule has 160 valence electrons. The summed E-state index contributed by atoms with van der Waals surface area (Å²) in [5.74, 6) is -6.21. The number of hydrogen-bond donors (Lipinski definition) is 2. The third-order valence-corrected chi connectivity index (χ3v) is 4.12. The predicted octanol–water partition coefficient (Wildman–Crippen LogP) is 3.56. The van der Waals surface area contributed by atoms with Crippen molar-refractivity contribution in [2.24, 2.45) is 10.7 Å². The molecule has 3 N–H and O–H groups in total. The topological polar surface area (TPSA) is 89.6 Å². The second kappa shape index (κ2) is 7.94. The molecule has 1 aromatic heterocycles. The van der Waals surface area contributed by atoms with Crippen molar-refractivity contribution in [1.82, 2.24) is 4.98 Å². The maximum absolute atomic E-state index is 14.3. The van der Waals surface area contributed by atoms with Crippen LogP contribution in [0.15, 0.2) is 41.5 Å². The molecule has 1 aliphatic heterocycles. The van der Waals surface area contributed by atoms with Crippen LogP contribution in [0.25, 0.3) is 0 Å². The van der Waals surface area contributed by atoms with E-state index in [1.165, 1.54) is 0 Å². The van der Waals surface area contributed by atoms with Gasteiger partial charge in [0.1, 0.15) is 36.6 Å². The van der Waals surface area contributed by atoms with Gasteiger partial charge in [-0.05, 0) is 30.3 Å². The summed E-state index contributed by atoms with van der Waals surface area (Å²) in [7, 11) is 0. The van der Waals surface area contributed by atoms with Crippen molar-refractivity contribution >= 4 is 17.4 Å². The predicted molar refractivity (Wildman–Crippen MR) is 93.7 cm³/mol. The third-order valence-electron chi connectivity index (χ3n) is 4.12. The number of nitrogens with zero attached hydrogens (tertiary/aromatic N) is 2. The molecule has 1 aliphatic rings. The number of nitrogens with two attached hydrogens (primary N) is 1. The Morgan fingerprint density at radius 1 is 1.27 bits per heavy atom. The van der Waals surface area contributed by atoms with Crippen molar-refractivity contribution in [3.8, 4) is 0 Å². The van der Waals surface area contributed by atoms with Crippen molar-refractivity contribution in [2.75, 3.05) is 18.5 Å². The molecule has 2 heterocycles. The minimum absolute atomic E-state index is 0.232. The fourth-order valence-corrected chi connectivity index (χ4v) is 2.80. The second-order valence-electron chi connectivity index (χ2n) is 6.36. The number of amidine groups is 1. The van der Waals surface area contributed by atoms with Crippen LogP contribution >= 0.6 is 0 Å². The number of hydrogen-bond acceptors (Lipinski definition) is 5. The number of amides is 1. The number of pyridine rings is 1. The highest BCUT2D eigenvalue weighted by molar-refractivity contribution is 6.04. The zero-order valence-corrected chi connectivity index (χ0v) is 15.0. The number of anilines is 1. The Hall–Kier alpha value is -3.15. The molecule has 0 saturated carbocycles. The molecule has 1 amide bonds. The molecule has 30 heavy (non-hydrogen) atoms. The molecular formula is C18H14F6N4O2. The molecule has 0 aliphatic carbocycles. The second-order valence-corrected chi connectivity index (χ2v) is 6.36. The summed E-state index contributed by atoms with van der Waals surface area (Å²) in [5, 5.41) is 2.11. The largest absolute Gasteiger partial charge is 0.418 e. The first kappa shape index (κ1) is 21.6. The van der Waals surface area contributed by atoms with Gasteiger partial charge in [0.2, 0.25) is 0 Å². The van der Waals surface area contributed by atoms with Crippen LogP contribution in [0, 0.1) is 5.82 Å². The van der Waals surface area contributed by atoms with Crippen molar-refractivity contribution in [3.63, 3.8) is 0 Å². The number of benzene rings is 1. The Labute approximate surface area is 165 Å². The van der Waals surface area contributed by atoms with Gasteiger partial charge < -0.3 is 15.8 Å². The molecule has 6 nitrogen and oxygen atoms in total. The summed E-state index contributed by atoms with van der Waals surface area (Å²) < 4.78 is 86.9. The maximum Gasteiger partial charge on any atom is 0.418 e. The van der Waals surface area contributed by atoms with Crippen LogP contribution in [0.3, 0.4) is 0 Å². The number of aromatic nitrogens is 1. The average Bonchev–Trinajstić information content (AvgIpc) is 2.80. The van der Waals surface area contributed by atoms with Crippen LogP contribution in [-0.4, -0.2) is 35.9 Å². The summed E-state index contributed by atoms with van der Waals surface area (Å²) in [6.45, 7) is -1.44. The Kier molecular flexibility index (Phi) is 5.70. The van der Waals surface area contributed by atoms with Gasteiger partial charge in [-0.1, -0.05) is 0 Å². The first-order valence-corrected chi connectivity index (χ1v) is 8.40. The van der Waals surface area contributed by atoms with Gasteiger partial charge in [-0.25, -0.2) is 13.2 Å². The van der Waals surface area contributed by atoms with Crippen LogP contribution in [0.2, 0.25) is 0 Å². The van der Waals surface area contributed by atoms with Crippen molar-refractivity contribution < 1.29 is 35.9 Å². The molecule has 0 spiro atoms. The molecule has 12 heteroatoms. The monoisotopic (exact) mass is 432 g/mol. The summed E-state index contributed by atoms with van der Waals surface area (Å²) >= 11 is 0. The highest BCUT2D eigenvalue weighted by atomic mass is 19.4. The molecule has 1 aromatic carbocycles. The SMILES string of the molecule is NC1=NC(c2cc(NC(=O)c3ncccc3C(F)(F)F)ccc2F)C(F)(F)COC1. The standard InChI is InChI=1S/C18H14F6N4O2/c19-12-4-3-9(6-10(12)15-17(20,21)8-30-7-13(25)28-15)27-16(29)14-11(18(22,23)24)2-1-5-26-14/h1-6,15H,7-8H2,(H2,25,28)(H,27,29). The quantitative estimate of drug-likeness (QED) is 0.726. The van der Waals surface area contributed by atoms with Crippen molar-refractivity contribution in [2.45, 2.75) is 18.1 Å². The number of ether oxygens (including phenoxy) is 1. The molecule has 0 radical (unpaired) electrons. The molecule has 0 saturated heterocycles. The molecule has 1 atom stereocenters. The van der Waals surface area contributed by atoms with Crippen LogP contribution in [0.4, 0.5) is 32.0 Å². The van der Waals surface area contributed by atoms with Crippen LogP contribution in [0.5, 0.6) is 0 Å². The summed E-state index contributed by atoms with van der Waals surface area (Å²) in [6.07, 6.45) is -3.85. The zero-order chi connectivity index (χ0) is 22.1. The summed E-state index contributed by atoms with van der Waals surface area (Å²) in [6, 6.07) is 2.27. The lowest BCUT2D eigenvalue weighted by Crippen LogP contribution is -2.30. The Morgan fingerprint density at radius 3 is 2.70 bits per heavy atom. The van der Waals surface area contributed by atoms with E-state index in [2.05, 4.69) is 15.3 Å². The molecule has 3 rings (SSSR count). The normalized spacial score (nSPS) is 19.0. The average molecular weight is 432 g/mol. The molecule has 2 aromatic rings. The third kappa shape index (κ3) is 4.53. The van der Waals surface area contributed by atoms with Crippen molar-refractivity contribution in [1.29, 1.82) is 0 Å². The highest BCUT2D eigenvalue weighted by Gasteiger charge is 2.44. The molecule has 1 unspecified atom stereocenters. The van der Waals surface area contributed by atoms with Gasteiger partial charge in [-0.3, -0.25) is 14.8 Å². The van der Waals surface area contributed by atoms with Gasteiger partial charge in [-0.2, -0.15) is 13.2 Å². The van der Waals surface area contributed by atoms with E-state index in [0.717, 1.165) is 30.5 Å². The van der Waals surface area contributed by atoms with E-state index in [1.807, 2.05) is 0 Å². The number of nitrogens with one attached hydrogen (secondary N) is 1. The Morgan fingerprint density at radius 2 is 2.00 bits per heavy atom. The summed E-state index contributed by atoms with van der Waals surface area (Å²) in [5.41, 5.74) is 2.42. The smallest absolute Gasteiger partial charge is 0.386 e. The lowest BCUT2D eigenvalue weighted by atomic mass is 10.00. The first-order valence-electron chi connectivity index (χ1n) is 8.40. The van der Waals surface area contributed by atoms with Crippen LogP contribution in [-0.2, 0) is 10.9 Å². The van der Waals surface area contributed by atoms with Gasteiger partial charge >= 0.3 is 6.18 Å². The minimum atomic E-state index is -4.84. The number of aliphatic imine (C=N–C) groups is 1. The Bertz CT molecular complexity index is 993. The van der Waals surface area contributed by atoms with Gasteiger partial charge in [0.25, 0.3) is 11.8 Å². The lowest BCUT2D eigenvalue weighted by molar-refractivity contribution is -0.138. The minimum Gasteiger partial charge on any atom is -0.386 e. The van der Waals surface area contributed by atoms with E-state index in [4.69, 9.17) is 10.5 Å². The number of carbonyl (C=O) groups excluding carboxylic acids is 1. The van der Waals surface area contributed by atoms with E-state index < -0.39 is 53.3 Å². The number of alkyl halides is 5. The molecular weight excluding hydrogens is 418 g/mol. The highest BCUT2D eigenvalue weighted by Crippen LogP contribution is 2.38. The number of halogens is 6. The fraction of sp³-hybridized carbons (Fsp3) is 0.278. The van der Waals surface area contributed by atoms with E-state index >= 15 is 0 Å². The van der Waals surface area contributed by atoms with Gasteiger partial charge in [0, 0.05) is 17.4 Å². The van der Waals surface area contributed by atoms with Crippen LogP contribution in [0.1, 0.15) is 27.7 Å². The summed E-state index contributed by atoms with van der Waals surface area (Å²) in [4.78, 5) is 19.3. The van der Waals surface area contributed by atoms with E-state index in [0.29, 0.717) is 6.07 Å².